The Hall–Kier alpha value is -4.02. The van der Waals surface area contributed by atoms with E-state index < -0.39 is 0 Å². The lowest BCUT2D eigenvalue weighted by Gasteiger charge is -2.11. The van der Waals surface area contributed by atoms with E-state index >= 15 is 0 Å². The number of hydrazone groups is 1. The fraction of sp³-hybridized carbons (Fsp3) is 0.185. The molecule has 0 aliphatic heterocycles. The number of ether oxygens (including phenoxy) is 3. The first-order valence-electron chi connectivity index (χ1n) is 11.6. The zero-order valence-corrected chi connectivity index (χ0v) is 22.6. The number of amides is 1. The normalized spacial score (nSPS) is 10.9. The van der Waals surface area contributed by atoms with Crippen molar-refractivity contribution < 1.29 is 19.0 Å². The van der Waals surface area contributed by atoms with Gasteiger partial charge in [0, 0.05) is 21.8 Å². The smallest absolute Gasteiger partial charge is 0.250 e. The summed E-state index contributed by atoms with van der Waals surface area (Å²) in [5.74, 6) is 2.25. The van der Waals surface area contributed by atoms with E-state index in [1.54, 1.807) is 32.4 Å². The number of nitrogens with zero attached hydrogens (tertiary/aromatic N) is 4. The first kappa shape index (κ1) is 27.0. The van der Waals surface area contributed by atoms with Crippen LogP contribution in [0.1, 0.15) is 12.5 Å². The van der Waals surface area contributed by atoms with Gasteiger partial charge in [0.1, 0.15) is 5.75 Å². The van der Waals surface area contributed by atoms with Crippen molar-refractivity contribution in [3.8, 4) is 34.3 Å². The number of nitrogens with one attached hydrogen (secondary N) is 1. The zero-order chi connectivity index (χ0) is 26.9. The average molecular weight is 552 g/mol. The average Bonchev–Trinajstić information content (AvgIpc) is 3.36. The maximum atomic E-state index is 12.6. The lowest BCUT2D eigenvalue weighted by molar-refractivity contribution is -0.118. The third-order valence-electron chi connectivity index (χ3n) is 5.30. The predicted molar refractivity (Wildman–Crippen MR) is 149 cm³/mol. The van der Waals surface area contributed by atoms with E-state index in [-0.39, 0.29) is 11.7 Å². The number of carbonyl (C=O) groups is 1. The monoisotopic (exact) mass is 551 g/mol. The highest BCUT2D eigenvalue weighted by atomic mass is 35.5. The second-order valence-corrected chi connectivity index (χ2v) is 9.12. The van der Waals surface area contributed by atoms with Crippen molar-refractivity contribution in [3.63, 3.8) is 0 Å². The molecule has 3 aromatic carbocycles. The molecule has 0 radical (unpaired) electrons. The molecule has 0 saturated carbocycles. The molecule has 11 heteroatoms. The number of aromatic nitrogens is 3. The van der Waals surface area contributed by atoms with E-state index in [2.05, 4.69) is 20.7 Å². The molecule has 4 aromatic rings. The van der Waals surface area contributed by atoms with Gasteiger partial charge in [0.25, 0.3) is 5.91 Å². The van der Waals surface area contributed by atoms with Crippen LogP contribution in [-0.4, -0.2) is 53.5 Å². The molecule has 1 amide bonds. The Balaban J connectivity index is 1.51. The highest BCUT2D eigenvalue weighted by Gasteiger charge is 2.17. The number of rotatable bonds is 11. The topological polar surface area (TPSA) is 99.9 Å². The number of benzene rings is 3. The molecule has 0 saturated heterocycles. The van der Waals surface area contributed by atoms with Gasteiger partial charge >= 0.3 is 0 Å². The van der Waals surface area contributed by atoms with Gasteiger partial charge in [-0.1, -0.05) is 29.4 Å². The molecule has 9 nitrogen and oxygen atoms in total. The first-order chi connectivity index (χ1) is 18.5. The summed E-state index contributed by atoms with van der Waals surface area (Å²) in [7, 11) is 3.10. The molecule has 0 bridgehead atoms. The molecule has 0 fully saturated rings. The number of thioether (sulfide) groups is 1. The van der Waals surface area contributed by atoms with Gasteiger partial charge in [0.05, 0.1) is 32.8 Å². The van der Waals surface area contributed by atoms with Gasteiger partial charge in [-0.25, -0.2) is 5.43 Å². The molecule has 1 N–H and O–H groups in total. The Morgan fingerprint density at radius 1 is 1.05 bits per heavy atom. The molecule has 4 rings (SSSR count). The third kappa shape index (κ3) is 6.45. The highest BCUT2D eigenvalue weighted by Crippen LogP contribution is 2.30. The zero-order valence-electron chi connectivity index (χ0n) is 21.1. The number of para-hydroxylation sites is 1. The van der Waals surface area contributed by atoms with Gasteiger partial charge in [0.15, 0.2) is 22.5 Å². The van der Waals surface area contributed by atoms with E-state index in [1.807, 2.05) is 60.0 Å². The molecular weight excluding hydrogens is 526 g/mol. The van der Waals surface area contributed by atoms with Crippen LogP contribution in [-0.2, 0) is 4.79 Å². The van der Waals surface area contributed by atoms with Crippen LogP contribution in [0, 0.1) is 0 Å². The van der Waals surface area contributed by atoms with Gasteiger partial charge < -0.3 is 14.2 Å². The van der Waals surface area contributed by atoms with Crippen molar-refractivity contribution in [2.45, 2.75) is 12.1 Å². The van der Waals surface area contributed by atoms with Crippen LogP contribution >= 0.6 is 23.4 Å². The second kappa shape index (κ2) is 13.0. The highest BCUT2D eigenvalue weighted by molar-refractivity contribution is 7.99. The minimum absolute atomic E-state index is 0.0718. The van der Waals surface area contributed by atoms with Crippen molar-refractivity contribution in [3.05, 3.63) is 77.3 Å². The quantitative estimate of drug-likeness (QED) is 0.154. The van der Waals surface area contributed by atoms with Crippen molar-refractivity contribution in [1.82, 2.24) is 20.2 Å². The minimum Gasteiger partial charge on any atom is -0.494 e. The summed E-state index contributed by atoms with van der Waals surface area (Å²) in [6.45, 7) is 2.51. The Bertz CT molecular complexity index is 1410. The summed E-state index contributed by atoms with van der Waals surface area (Å²) in [5, 5.41) is 14.0. The number of halogens is 1. The van der Waals surface area contributed by atoms with Crippen LogP contribution in [0.3, 0.4) is 0 Å². The van der Waals surface area contributed by atoms with Gasteiger partial charge in [-0.3, -0.25) is 9.36 Å². The summed E-state index contributed by atoms with van der Waals surface area (Å²) in [6, 6.07) is 20.3. The van der Waals surface area contributed by atoms with Crippen LogP contribution in [0.4, 0.5) is 0 Å². The summed E-state index contributed by atoms with van der Waals surface area (Å²) in [5.41, 5.74) is 4.87. The molecule has 1 aromatic heterocycles. The number of hydrogen-bond donors (Lipinski definition) is 1. The molecule has 38 heavy (non-hydrogen) atoms. The maximum Gasteiger partial charge on any atom is 0.250 e. The van der Waals surface area contributed by atoms with E-state index in [9.17, 15) is 4.79 Å². The largest absolute Gasteiger partial charge is 0.494 e. The van der Waals surface area contributed by atoms with E-state index in [4.69, 9.17) is 25.8 Å². The number of hydrogen-bond acceptors (Lipinski definition) is 8. The second-order valence-electron chi connectivity index (χ2n) is 7.74. The Kier molecular flexibility index (Phi) is 9.23. The minimum atomic E-state index is -0.303. The Morgan fingerprint density at radius 3 is 2.50 bits per heavy atom. The van der Waals surface area contributed by atoms with Gasteiger partial charge in [-0.05, 0) is 67.6 Å². The van der Waals surface area contributed by atoms with E-state index in [0.29, 0.717) is 39.7 Å². The Morgan fingerprint density at radius 2 is 1.82 bits per heavy atom. The molecule has 0 aliphatic carbocycles. The lowest BCUT2D eigenvalue weighted by Crippen LogP contribution is -2.20. The first-order valence-corrected chi connectivity index (χ1v) is 13.0. The van der Waals surface area contributed by atoms with Crippen LogP contribution in [0.15, 0.2) is 77.0 Å². The van der Waals surface area contributed by atoms with Crippen molar-refractivity contribution in [1.29, 1.82) is 0 Å². The maximum absolute atomic E-state index is 12.6. The molecule has 0 atom stereocenters. The number of methoxy groups -OCH3 is 2. The van der Waals surface area contributed by atoms with Crippen LogP contribution in [0.2, 0.25) is 5.02 Å². The fourth-order valence-corrected chi connectivity index (χ4v) is 4.46. The molecule has 1 heterocycles. The molecule has 0 spiro atoms. The van der Waals surface area contributed by atoms with Crippen LogP contribution < -0.4 is 19.6 Å². The molecular formula is C27H26ClN5O4S. The van der Waals surface area contributed by atoms with Crippen LogP contribution in [0.5, 0.6) is 17.2 Å². The molecule has 0 aliphatic rings. The molecule has 0 unspecified atom stereocenters. The summed E-state index contributed by atoms with van der Waals surface area (Å²) < 4.78 is 18.1. The van der Waals surface area contributed by atoms with Crippen molar-refractivity contribution >= 4 is 35.5 Å². The van der Waals surface area contributed by atoms with Crippen molar-refractivity contribution in [2.75, 3.05) is 26.6 Å². The third-order valence-corrected chi connectivity index (χ3v) is 6.48. The summed E-state index contributed by atoms with van der Waals surface area (Å²) in [4.78, 5) is 12.6. The molecule has 196 valence electrons. The standard InChI is InChI=1S/C27H26ClN5O4S/c1-4-37-22-14-12-21(13-15-22)33-26(18-8-10-20(28)11-9-18)31-32-27(33)38-17-24(34)30-29-16-19-6-5-7-23(35-2)25(19)36-3/h5-16H,4,17H2,1-3H3,(H,30,34)/b29-16+. The van der Waals surface area contributed by atoms with Gasteiger partial charge in [-0.15, -0.1) is 10.2 Å². The van der Waals surface area contributed by atoms with Gasteiger partial charge in [0.2, 0.25) is 0 Å². The summed E-state index contributed by atoms with van der Waals surface area (Å²) >= 11 is 7.32. The predicted octanol–water partition coefficient (Wildman–Crippen LogP) is 5.25. The Labute approximate surface area is 229 Å². The van der Waals surface area contributed by atoms with E-state index in [1.165, 1.54) is 18.0 Å². The van der Waals surface area contributed by atoms with Crippen LogP contribution in [0.25, 0.3) is 17.1 Å². The lowest BCUT2D eigenvalue weighted by atomic mass is 10.2. The number of carbonyl (C=O) groups excluding carboxylic acids is 1. The van der Waals surface area contributed by atoms with Crippen molar-refractivity contribution in [2.24, 2.45) is 5.10 Å². The SMILES string of the molecule is CCOc1ccc(-n2c(SCC(=O)N/N=C/c3cccc(OC)c3OC)nnc2-c2ccc(Cl)cc2)cc1. The summed E-state index contributed by atoms with van der Waals surface area (Å²) in [6.07, 6.45) is 1.50. The fourth-order valence-electron chi connectivity index (χ4n) is 3.59. The van der Waals surface area contributed by atoms with E-state index in [0.717, 1.165) is 17.0 Å². The van der Waals surface area contributed by atoms with Gasteiger partial charge in [-0.2, -0.15) is 5.10 Å².